The molecule has 2 bridgehead atoms. The van der Waals surface area contributed by atoms with Crippen molar-refractivity contribution in [2.75, 3.05) is 55.9 Å². The van der Waals surface area contributed by atoms with Gasteiger partial charge in [-0.1, -0.05) is 0 Å². The van der Waals surface area contributed by atoms with Gasteiger partial charge < -0.3 is 19.9 Å². The van der Waals surface area contributed by atoms with Crippen molar-refractivity contribution in [1.29, 1.82) is 0 Å². The summed E-state index contributed by atoms with van der Waals surface area (Å²) < 4.78 is 47.8. The molecule has 2 atom stereocenters. The first-order valence-electron chi connectivity index (χ1n) is 14.6. The number of piperazine rings is 1. The lowest BCUT2D eigenvalue weighted by atomic mass is 9.88. The smallest absolute Gasteiger partial charge is 0.377 e. The van der Waals surface area contributed by atoms with Crippen molar-refractivity contribution in [3.63, 3.8) is 0 Å². The van der Waals surface area contributed by atoms with Crippen LogP contribution in [0.5, 0.6) is 0 Å². The summed E-state index contributed by atoms with van der Waals surface area (Å²) in [6, 6.07) is 4.90. The highest BCUT2D eigenvalue weighted by molar-refractivity contribution is 7.99. The number of likely N-dealkylation sites (N-methyl/N-ethyl adjacent to an activating group) is 1. The number of aromatic nitrogens is 3. The maximum absolute atomic E-state index is 14.2. The molecule has 226 valence electrons. The Morgan fingerprint density at radius 2 is 1.86 bits per heavy atom. The van der Waals surface area contributed by atoms with E-state index in [1.807, 2.05) is 0 Å². The van der Waals surface area contributed by atoms with Crippen LogP contribution in [0.3, 0.4) is 0 Å². The van der Waals surface area contributed by atoms with Crippen molar-refractivity contribution in [3.8, 4) is 10.6 Å². The van der Waals surface area contributed by atoms with Gasteiger partial charge in [0.2, 0.25) is 5.95 Å². The Morgan fingerprint density at radius 3 is 2.53 bits per heavy atom. The second-order valence-electron chi connectivity index (χ2n) is 11.9. The molecule has 1 aliphatic carbocycles. The Morgan fingerprint density at radius 1 is 1.07 bits per heavy atom. The predicted molar refractivity (Wildman–Crippen MR) is 158 cm³/mol. The van der Waals surface area contributed by atoms with Crippen molar-refractivity contribution >= 4 is 46.5 Å². The van der Waals surface area contributed by atoms with E-state index in [4.69, 9.17) is 9.72 Å². The van der Waals surface area contributed by atoms with Crippen molar-refractivity contribution in [2.45, 2.75) is 54.4 Å². The SMILES string of the molecule is CN1C2CC1CN(c1cc(C3CC3)c(Nc3ncc(C(F)(F)F)c(-c4cc5c(s4)C(=O)N(C4COC4)CCS5)n3)cn1)C2. The molecule has 5 aliphatic heterocycles. The number of thioether (sulfide) groups is 1. The first-order chi connectivity index (χ1) is 20.7. The second-order valence-corrected chi connectivity index (χ2v) is 14.1. The van der Waals surface area contributed by atoms with Crippen LogP contribution in [-0.4, -0.2) is 94.4 Å². The van der Waals surface area contributed by atoms with E-state index in [1.54, 1.807) is 17.2 Å². The summed E-state index contributed by atoms with van der Waals surface area (Å²) in [6.45, 7) is 3.44. The zero-order valence-corrected chi connectivity index (χ0v) is 25.1. The highest BCUT2D eigenvalue weighted by Gasteiger charge is 2.43. The second kappa shape index (κ2) is 10.3. The van der Waals surface area contributed by atoms with Gasteiger partial charge in [-0.25, -0.2) is 15.0 Å². The third-order valence-electron chi connectivity index (χ3n) is 9.20. The van der Waals surface area contributed by atoms with Crippen LogP contribution in [-0.2, 0) is 10.9 Å². The third kappa shape index (κ3) is 4.95. The number of hydrogen-bond donors (Lipinski definition) is 1. The monoisotopic (exact) mass is 629 g/mol. The molecular weight excluding hydrogens is 599 g/mol. The highest BCUT2D eigenvalue weighted by atomic mass is 32.2. The number of amides is 1. The van der Waals surface area contributed by atoms with E-state index < -0.39 is 11.7 Å². The molecule has 43 heavy (non-hydrogen) atoms. The molecule has 3 aromatic heterocycles. The minimum absolute atomic E-state index is 0.00722. The molecule has 0 aromatic carbocycles. The van der Waals surface area contributed by atoms with Gasteiger partial charge in [0.05, 0.1) is 41.7 Å². The fourth-order valence-corrected chi connectivity index (χ4v) is 8.71. The van der Waals surface area contributed by atoms with Gasteiger partial charge in [0, 0.05) is 48.6 Å². The molecule has 3 aromatic rings. The minimum Gasteiger partial charge on any atom is -0.377 e. The average molecular weight is 630 g/mol. The van der Waals surface area contributed by atoms with Gasteiger partial charge in [0.1, 0.15) is 16.3 Å². The maximum atomic E-state index is 14.2. The molecule has 9 rings (SSSR count). The molecule has 6 aliphatic rings. The molecule has 9 nitrogen and oxygen atoms in total. The van der Waals surface area contributed by atoms with Gasteiger partial charge in [-0.2, -0.15) is 13.2 Å². The van der Waals surface area contributed by atoms with E-state index in [1.165, 1.54) is 18.2 Å². The number of halogens is 3. The van der Waals surface area contributed by atoms with E-state index in [2.05, 4.69) is 38.2 Å². The molecule has 1 saturated carbocycles. The number of alkyl halides is 3. The summed E-state index contributed by atoms with van der Waals surface area (Å²) in [7, 11) is 2.17. The van der Waals surface area contributed by atoms with E-state index in [0.29, 0.717) is 63.9 Å². The lowest BCUT2D eigenvalue weighted by Gasteiger charge is -2.55. The number of anilines is 3. The van der Waals surface area contributed by atoms with Crippen molar-refractivity contribution in [2.24, 2.45) is 0 Å². The highest BCUT2D eigenvalue weighted by Crippen LogP contribution is 2.46. The summed E-state index contributed by atoms with van der Waals surface area (Å²) in [5, 5.41) is 3.19. The van der Waals surface area contributed by atoms with Gasteiger partial charge in [0.25, 0.3) is 5.91 Å². The zero-order valence-electron chi connectivity index (χ0n) is 23.4. The summed E-state index contributed by atoms with van der Waals surface area (Å²) in [6.07, 6.45) is 1.27. The fourth-order valence-electron chi connectivity index (χ4n) is 6.40. The van der Waals surface area contributed by atoms with Crippen LogP contribution in [0.25, 0.3) is 10.6 Å². The molecule has 14 heteroatoms. The number of rotatable bonds is 6. The van der Waals surface area contributed by atoms with Gasteiger partial charge in [-0.05, 0) is 49.9 Å². The lowest BCUT2D eigenvalue weighted by molar-refractivity contribution is -0.137. The van der Waals surface area contributed by atoms with E-state index in [9.17, 15) is 18.0 Å². The number of hydrogen-bond acceptors (Lipinski definition) is 10. The predicted octanol–water partition coefficient (Wildman–Crippen LogP) is 5.08. The van der Waals surface area contributed by atoms with Crippen LogP contribution in [0.1, 0.15) is 46.0 Å². The molecule has 1 N–H and O–H groups in total. The van der Waals surface area contributed by atoms with Crippen LogP contribution >= 0.6 is 23.1 Å². The van der Waals surface area contributed by atoms with Crippen LogP contribution < -0.4 is 10.2 Å². The number of carbonyl (C=O) groups excluding carboxylic acids is 1. The average Bonchev–Trinajstić information content (AvgIpc) is 3.75. The van der Waals surface area contributed by atoms with Crippen molar-refractivity contribution in [3.05, 3.63) is 40.5 Å². The van der Waals surface area contributed by atoms with Crippen LogP contribution in [0.4, 0.5) is 30.6 Å². The fraction of sp³-hybridized carbons (Fsp3) is 0.517. The summed E-state index contributed by atoms with van der Waals surface area (Å²) in [4.78, 5) is 34.6. The zero-order chi connectivity index (χ0) is 29.5. The number of ether oxygens (including phenoxy) is 1. The Bertz CT molecular complexity index is 1580. The number of nitrogens with one attached hydrogen (secondary N) is 1. The minimum atomic E-state index is -4.66. The standard InChI is InChI=1S/C29H30F3N7O2S2/c1-37-16-6-17(37)12-38(11-16)24-7-19(15-2-3-15)21(10-33-24)35-28-34-9-20(29(30,31)32)25(36-28)22-8-23-26(43-22)27(40)39(4-5-42-23)18-13-41-14-18/h7-10,15-18H,2-6,11-14H2,1H3,(H,34,35,36). The quantitative estimate of drug-likeness (QED) is 0.401. The Labute approximate surface area is 254 Å². The normalized spacial score (nSPS) is 24.3. The third-order valence-corrected chi connectivity index (χ3v) is 11.5. The molecule has 4 saturated heterocycles. The van der Waals surface area contributed by atoms with Crippen molar-refractivity contribution < 1.29 is 22.7 Å². The molecule has 8 heterocycles. The Hall–Kier alpha value is -2.94. The van der Waals surface area contributed by atoms with Gasteiger partial charge in [0.15, 0.2) is 0 Å². The number of piperidine rings is 1. The van der Waals surface area contributed by atoms with E-state index in [-0.39, 0.29) is 23.6 Å². The summed E-state index contributed by atoms with van der Waals surface area (Å²) >= 11 is 2.54. The summed E-state index contributed by atoms with van der Waals surface area (Å²) in [5.74, 6) is 1.88. The largest absolute Gasteiger partial charge is 0.420 e. The molecule has 5 fully saturated rings. The number of thiophene rings is 1. The number of carbonyl (C=O) groups is 1. The van der Waals surface area contributed by atoms with Crippen molar-refractivity contribution in [1.82, 2.24) is 24.8 Å². The molecular formula is C29H30F3N7O2S2. The maximum Gasteiger partial charge on any atom is 0.420 e. The summed E-state index contributed by atoms with van der Waals surface area (Å²) in [5.41, 5.74) is 0.639. The van der Waals surface area contributed by atoms with Crippen LogP contribution in [0, 0.1) is 0 Å². The molecule has 1 amide bonds. The molecule has 0 spiro atoms. The molecule has 0 radical (unpaired) electrons. The van der Waals surface area contributed by atoms with Crippen LogP contribution in [0.15, 0.2) is 29.4 Å². The van der Waals surface area contributed by atoms with Gasteiger partial charge in [-0.15, -0.1) is 23.1 Å². The number of nitrogens with zero attached hydrogens (tertiary/aromatic N) is 6. The van der Waals surface area contributed by atoms with Gasteiger partial charge >= 0.3 is 6.18 Å². The lowest BCUT2D eigenvalue weighted by Crippen LogP contribution is -2.67. The first kappa shape index (κ1) is 27.6. The Kier molecular flexibility index (Phi) is 6.62. The topological polar surface area (TPSA) is 86.7 Å². The van der Waals surface area contributed by atoms with E-state index >= 15 is 0 Å². The number of pyridine rings is 1. The van der Waals surface area contributed by atoms with Crippen LogP contribution in [0.2, 0.25) is 0 Å². The first-order valence-corrected chi connectivity index (χ1v) is 16.4. The van der Waals surface area contributed by atoms with E-state index in [0.717, 1.165) is 54.8 Å². The number of fused-ring (bicyclic) bond motifs is 3. The Balaban J connectivity index is 1.11. The van der Waals surface area contributed by atoms with Gasteiger partial charge in [-0.3, -0.25) is 9.69 Å². The molecule has 2 unspecified atom stereocenters.